The monoisotopic (exact) mass is 659 g/mol. The van der Waals surface area contributed by atoms with Gasteiger partial charge in [-0.3, -0.25) is 14.0 Å². The van der Waals surface area contributed by atoms with Gasteiger partial charge in [0, 0.05) is 18.0 Å². The summed E-state index contributed by atoms with van der Waals surface area (Å²) in [5, 5.41) is 2.27. The number of benzene rings is 2. The van der Waals surface area contributed by atoms with E-state index >= 15 is 0 Å². The molecular weight excluding hydrogens is 635 g/mol. The van der Waals surface area contributed by atoms with Crippen LogP contribution in [0.15, 0.2) is 95.2 Å². The Morgan fingerprint density at radius 3 is 2.40 bits per heavy atom. The zero-order valence-electron chi connectivity index (χ0n) is 23.4. The van der Waals surface area contributed by atoms with Crippen molar-refractivity contribution in [2.45, 2.75) is 28.9 Å². The summed E-state index contributed by atoms with van der Waals surface area (Å²) < 4.78 is 90.7. The van der Waals surface area contributed by atoms with Crippen LogP contribution < -0.4 is 14.8 Å². The molecule has 16 heteroatoms. The van der Waals surface area contributed by atoms with Crippen LogP contribution >= 0.6 is 0 Å². The van der Waals surface area contributed by atoms with Gasteiger partial charge in [-0.25, -0.2) is 22.4 Å². The van der Waals surface area contributed by atoms with E-state index in [0.717, 1.165) is 3.97 Å². The molecule has 1 amide bonds. The summed E-state index contributed by atoms with van der Waals surface area (Å²) in [5.41, 5.74) is 0.803. The van der Waals surface area contributed by atoms with Gasteiger partial charge in [-0.1, -0.05) is 18.2 Å². The second-order valence-corrected chi connectivity index (χ2v) is 12.6. The average molecular weight is 660 g/mol. The zero-order chi connectivity index (χ0) is 32.2. The van der Waals surface area contributed by atoms with E-state index in [0.29, 0.717) is 5.82 Å². The predicted molar refractivity (Wildman–Crippen MR) is 158 cm³/mol. The molecule has 0 aliphatic heterocycles. The molecule has 234 valence electrons. The summed E-state index contributed by atoms with van der Waals surface area (Å²) in [7, 11) is -6.48. The lowest BCUT2D eigenvalue weighted by molar-refractivity contribution is -0.153. The molecule has 2 aromatic carbocycles. The Bertz CT molecular complexity index is 1970. The second-order valence-electron chi connectivity index (χ2n) is 9.45. The fourth-order valence-electron chi connectivity index (χ4n) is 4.14. The van der Waals surface area contributed by atoms with E-state index in [1.165, 1.54) is 55.7 Å². The van der Waals surface area contributed by atoms with Gasteiger partial charge >= 0.3 is 6.18 Å². The third kappa shape index (κ3) is 7.46. The van der Waals surface area contributed by atoms with E-state index in [1.54, 1.807) is 36.4 Å². The van der Waals surface area contributed by atoms with Gasteiger partial charge in [-0.15, -0.1) is 0 Å². The van der Waals surface area contributed by atoms with Crippen LogP contribution in [-0.2, 0) is 31.4 Å². The van der Waals surface area contributed by atoms with E-state index in [1.807, 2.05) is 0 Å². The van der Waals surface area contributed by atoms with Crippen LogP contribution in [0.4, 0.5) is 19.0 Å². The Morgan fingerprint density at radius 2 is 1.69 bits per heavy atom. The molecule has 0 spiro atoms. The number of imidazole rings is 1. The first kappa shape index (κ1) is 31.6. The normalized spacial score (nSPS) is 12.5. The summed E-state index contributed by atoms with van der Waals surface area (Å²) in [6, 6.07) is 17.9. The highest BCUT2D eigenvalue weighted by molar-refractivity contribution is 7.91. The maximum atomic E-state index is 13.9. The Kier molecular flexibility index (Phi) is 9.15. The predicted octanol–water partition coefficient (Wildman–Crippen LogP) is 4.64. The zero-order valence-corrected chi connectivity index (χ0v) is 25.0. The highest BCUT2D eigenvalue weighted by Gasteiger charge is 2.30. The fourth-order valence-corrected chi connectivity index (χ4v) is 7.19. The molecular formula is C29H24F3N5O6S2. The molecule has 45 heavy (non-hydrogen) atoms. The molecule has 5 rings (SSSR count). The third-order valence-electron chi connectivity index (χ3n) is 6.28. The molecule has 3 aromatic heterocycles. The lowest BCUT2D eigenvalue weighted by Gasteiger charge is -2.14. The van der Waals surface area contributed by atoms with Crippen LogP contribution in [0.2, 0.25) is 0 Å². The molecule has 3 heterocycles. The number of ether oxygens (including phenoxy) is 2. The number of anilines is 1. The van der Waals surface area contributed by atoms with Crippen LogP contribution in [0.3, 0.4) is 0 Å². The number of carbonyl (C=O) groups is 1. The highest BCUT2D eigenvalue weighted by Crippen LogP contribution is 2.29. The van der Waals surface area contributed by atoms with Gasteiger partial charge < -0.3 is 14.8 Å². The summed E-state index contributed by atoms with van der Waals surface area (Å²) in [6.07, 6.45) is -1.82. The van der Waals surface area contributed by atoms with E-state index in [2.05, 4.69) is 20.3 Å². The van der Waals surface area contributed by atoms with Crippen molar-refractivity contribution in [2.75, 3.05) is 18.5 Å². The lowest BCUT2D eigenvalue weighted by Crippen LogP contribution is -2.21. The summed E-state index contributed by atoms with van der Waals surface area (Å²) in [5.74, 6) is -0.335. The maximum absolute atomic E-state index is 13.9. The van der Waals surface area contributed by atoms with E-state index in [-0.39, 0.29) is 56.2 Å². The van der Waals surface area contributed by atoms with Gasteiger partial charge in [0.2, 0.25) is 5.16 Å². The smallest absolute Gasteiger partial charge is 0.422 e. The van der Waals surface area contributed by atoms with Crippen LogP contribution in [-0.4, -0.2) is 56.8 Å². The van der Waals surface area contributed by atoms with Crippen LogP contribution in [0.25, 0.3) is 11.0 Å². The summed E-state index contributed by atoms with van der Waals surface area (Å²) in [6.45, 7) is -0.402. The van der Waals surface area contributed by atoms with E-state index in [9.17, 15) is 30.6 Å². The van der Waals surface area contributed by atoms with Gasteiger partial charge in [0.25, 0.3) is 15.9 Å². The van der Waals surface area contributed by atoms with Gasteiger partial charge in [-0.2, -0.15) is 13.2 Å². The summed E-state index contributed by atoms with van der Waals surface area (Å²) in [4.78, 5) is 24.4. The number of aromatic nitrogens is 4. The first-order valence-corrected chi connectivity index (χ1v) is 15.9. The SMILES string of the molecule is Cc1c(OCC(F)(F)F)ccnc1CS(=O)c1nc2ccccc2n1S(=O)(=O)c1ccc(OCC(=O)Nc2ccccn2)cc1. The molecule has 1 N–H and O–H groups in total. The van der Waals surface area contributed by atoms with Crippen LogP contribution in [0.1, 0.15) is 11.3 Å². The number of nitrogens with zero attached hydrogens (tertiary/aromatic N) is 4. The Balaban J connectivity index is 1.38. The van der Waals surface area contributed by atoms with Gasteiger partial charge in [0.1, 0.15) is 17.3 Å². The van der Waals surface area contributed by atoms with Crippen molar-refractivity contribution in [2.24, 2.45) is 0 Å². The Morgan fingerprint density at radius 1 is 0.956 bits per heavy atom. The number of para-hydroxylation sites is 2. The standard InChI is InChI=1S/C29H24F3N5O6S2/c1-19-23(33-15-13-25(19)43-18-29(30,31)32)17-44(39)28-35-22-6-2-3-7-24(22)37(28)45(40,41)21-11-9-20(10-12-21)42-16-27(38)36-26-8-4-5-14-34-26/h2-15H,16-18H2,1H3,(H,34,36,38). The van der Waals surface area contributed by atoms with E-state index in [4.69, 9.17) is 9.47 Å². The minimum Gasteiger partial charge on any atom is -0.484 e. The molecule has 1 atom stereocenters. The molecule has 5 aromatic rings. The lowest BCUT2D eigenvalue weighted by atomic mass is 10.2. The van der Waals surface area contributed by atoms with Crippen molar-refractivity contribution in [3.63, 3.8) is 0 Å². The van der Waals surface area contributed by atoms with Crippen LogP contribution in [0.5, 0.6) is 11.5 Å². The number of carbonyl (C=O) groups excluding carboxylic acids is 1. The largest absolute Gasteiger partial charge is 0.484 e. The number of hydrogen-bond acceptors (Lipinski definition) is 9. The molecule has 0 aliphatic carbocycles. The first-order chi connectivity index (χ1) is 21.4. The number of nitrogens with one attached hydrogen (secondary N) is 1. The topological polar surface area (TPSA) is 142 Å². The average Bonchev–Trinajstić information content (AvgIpc) is 3.42. The molecule has 0 fully saturated rings. The minimum atomic E-state index is -4.56. The molecule has 0 radical (unpaired) electrons. The third-order valence-corrected chi connectivity index (χ3v) is 9.33. The number of hydrogen-bond donors (Lipinski definition) is 1. The number of amides is 1. The van der Waals surface area contributed by atoms with Crippen molar-refractivity contribution in [1.29, 1.82) is 0 Å². The van der Waals surface area contributed by atoms with Gasteiger partial charge in [0.05, 0.1) is 38.2 Å². The fraction of sp³-hybridized carbons (Fsp3) is 0.172. The van der Waals surface area contributed by atoms with E-state index < -0.39 is 39.5 Å². The molecule has 0 saturated carbocycles. The number of fused-ring (bicyclic) bond motifs is 1. The maximum Gasteiger partial charge on any atom is 0.422 e. The van der Waals surface area contributed by atoms with Gasteiger partial charge in [0.15, 0.2) is 13.2 Å². The van der Waals surface area contributed by atoms with Crippen molar-refractivity contribution in [3.05, 3.63) is 96.4 Å². The number of halogens is 3. The molecule has 0 bridgehead atoms. The summed E-state index contributed by atoms with van der Waals surface area (Å²) >= 11 is 0. The van der Waals surface area contributed by atoms with Crippen molar-refractivity contribution >= 4 is 43.6 Å². The number of pyridine rings is 2. The van der Waals surface area contributed by atoms with Crippen LogP contribution in [0, 0.1) is 6.92 Å². The van der Waals surface area contributed by atoms with Crippen molar-refractivity contribution in [3.8, 4) is 11.5 Å². The van der Waals surface area contributed by atoms with Gasteiger partial charge in [-0.05, 0) is 61.5 Å². The first-order valence-electron chi connectivity index (χ1n) is 13.1. The second kappa shape index (κ2) is 13.0. The Labute approximate surface area is 257 Å². The molecule has 0 saturated heterocycles. The minimum absolute atomic E-state index is 0.0908. The molecule has 1 unspecified atom stereocenters. The molecule has 0 aliphatic rings. The Hall–Kier alpha value is -4.83. The van der Waals surface area contributed by atoms with Crippen molar-refractivity contribution < 1.29 is 40.1 Å². The number of alkyl halides is 3. The quantitative estimate of drug-likeness (QED) is 0.215. The molecule has 11 nitrogen and oxygen atoms in total. The number of rotatable bonds is 11. The van der Waals surface area contributed by atoms with Crippen molar-refractivity contribution in [1.82, 2.24) is 18.9 Å². The highest BCUT2D eigenvalue weighted by atomic mass is 32.2.